The number of rotatable bonds is 7. The highest BCUT2D eigenvalue weighted by molar-refractivity contribution is 7.80. The van der Waals surface area contributed by atoms with Gasteiger partial charge in [-0.25, -0.2) is 0 Å². The normalized spacial score (nSPS) is 10.8. The molecule has 0 radical (unpaired) electrons. The van der Waals surface area contributed by atoms with E-state index in [4.69, 9.17) is 34.3 Å². The summed E-state index contributed by atoms with van der Waals surface area (Å²) in [5, 5.41) is 1.74. The van der Waals surface area contributed by atoms with Gasteiger partial charge in [0.15, 0.2) is 0 Å². The number of hydrogen-bond donors (Lipinski definition) is 1. The monoisotopic (exact) mass is 323 g/mol. The number of ether oxygens (including phenoxy) is 1. The third-order valence-corrected chi connectivity index (χ3v) is 3.66. The molecule has 0 amide bonds. The molecule has 1 heterocycles. The van der Waals surface area contributed by atoms with Crippen molar-refractivity contribution in [2.24, 2.45) is 5.73 Å². The molecule has 0 bridgehead atoms. The van der Waals surface area contributed by atoms with Crippen molar-refractivity contribution in [1.29, 1.82) is 0 Å². The number of fused-ring (bicyclic) bond motifs is 1. The average Bonchev–Trinajstić information content (AvgIpc) is 2.46. The molecule has 112 valence electrons. The first kappa shape index (κ1) is 15.9. The van der Waals surface area contributed by atoms with Gasteiger partial charge in [-0.3, -0.25) is 4.98 Å². The summed E-state index contributed by atoms with van der Waals surface area (Å²) in [5.41, 5.74) is 7.58. The molecular weight excluding hydrogens is 306 g/mol. The molecule has 0 aliphatic carbocycles. The van der Waals surface area contributed by atoms with Crippen LogP contribution >= 0.6 is 23.8 Å². The van der Waals surface area contributed by atoms with Gasteiger partial charge in [0, 0.05) is 48.9 Å². The zero-order chi connectivity index (χ0) is 15.2. The quantitative estimate of drug-likeness (QED) is 0.794. The van der Waals surface area contributed by atoms with Gasteiger partial charge in [-0.05, 0) is 24.3 Å². The second kappa shape index (κ2) is 7.54. The Hall–Kier alpha value is -1.43. The van der Waals surface area contributed by atoms with Gasteiger partial charge in [0.25, 0.3) is 0 Å². The summed E-state index contributed by atoms with van der Waals surface area (Å²) in [4.78, 5) is 7.09. The minimum atomic E-state index is 0.513. The second-order valence-electron chi connectivity index (χ2n) is 4.69. The highest BCUT2D eigenvalue weighted by atomic mass is 35.5. The number of nitrogens with zero attached hydrogens (tertiary/aromatic N) is 2. The van der Waals surface area contributed by atoms with Gasteiger partial charge in [-0.15, -0.1) is 0 Å². The summed E-state index contributed by atoms with van der Waals surface area (Å²) in [5.74, 6) is 0. The lowest BCUT2D eigenvalue weighted by atomic mass is 10.1. The Morgan fingerprint density at radius 1 is 1.38 bits per heavy atom. The van der Waals surface area contributed by atoms with Crippen LogP contribution in [0.15, 0.2) is 30.5 Å². The maximum atomic E-state index is 6.03. The van der Waals surface area contributed by atoms with E-state index in [-0.39, 0.29) is 0 Å². The molecule has 2 rings (SSSR count). The summed E-state index contributed by atoms with van der Waals surface area (Å²) < 4.78 is 5.19. The van der Waals surface area contributed by atoms with Crippen LogP contribution in [0.1, 0.15) is 6.42 Å². The maximum Gasteiger partial charge on any atom is 0.0745 e. The number of methoxy groups -OCH3 is 1. The molecule has 2 N–H and O–H groups in total. The molecule has 0 spiro atoms. The Morgan fingerprint density at radius 3 is 2.90 bits per heavy atom. The fourth-order valence-electron chi connectivity index (χ4n) is 2.18. The molecule has 0 fully saturated rings. The lowest BCUT2D eigenvalue weighted by Crippen LogP contribution is -2.30. The summed E-state index contributed by atoms with van der Waals surface area (Å²) >= 11 is 11.0. The van der Waals surface area contributed by atoms with Crippen LogP contribution in [0.2, 0.25) is 5.02 Å². The van der Waals surface area contributed by atoms with Crippen molar-refractivity contribution < 1.29 is 4.74 Å². The number of benzene rings is 1. The van der Waals surface area contributed by atoms with Crippen LogP contribution in [-0.2, 0) is 4.74 Å². The number of halogens is 1. The number of nitrogens with two attached hydrogens (primary N) is 1. The molecule has 0 aliphatic rings. The Balaban J connectivity index is 2.35. The first-order valence-corrected chi connectivity index (χ1v) is 7.47. The van der Waals surface area contributed by atoms with Crippen LogP contribution in [0.4, 0.5) is 5.69 Å². The number of pyridine rings is 1. The molecular formula is C15H18ClN3OS. The molecule has 0 saturated heterocycles. The lowest BCUT2D eigenvalue weighted by Gasteiger charge is -2.25. The van der Waals surface area contributed by atoms with E-state index < -0.39 is 0 Å². The van der Waals surface area contributed by atoms with Crippen molar-refractivity contribution in [3.63, 3.8) is 0 Å². The topological polar surface area (TPSA) is 51.4 Å². The van der Waals surface area contributed by atoms with Gasteiger partial charge < -0.3 is 15.4 Å². The molecule has 1 aromatic heterocycles. The van der Waals surface area contributed by atoms with E-state index in [9.17, 15) is 0 Å². The van der Waals surface area contributed by atoms with Gasteiger partial charge in [0.05, 0.1) is 17.1 Å². The third-order valence-electron chi connectivity index (χ3n) is 3.22. The van der Waals surface area contributed by atoms with Crippen LogP contribution in [-0.4, -0.2) is 36.8 Å². The van der Waals surface area contributed by atoms with Crippen LogP contribution in [0.3, 0.4) is 0 Å². The number of anilines is 1. The predicted octanol–water partition coefficient (Wildman–Crippen LogP) is 3.02. The smallest absolute Gasteiger partial charge is 0.0745 e. The molecule has 2 aromatic rings. The highest BCUT2D eigenvalue weighted by Crippen LogP contribution is 2.27. The van der Waals surface area contributed by atoms with Gasteiger partial charge >= 0.3 is 0 Å². The summed E-state index contributed by atoms with van der Waals surface area (Å²) in [6.45, 7) is 2.15. The van der Waals surface area contributed by atoms with Crippen LogP contribution in [0.25, 0.3) is 10.9 Å². The first-order valence-electron chi connectivity index (χ1n) is 6.68. The van der Waals surface area contributed by atoms with E-state index in [1.165, 1.54) is 0 Å². The minimum Gasteiger partial charge on any atom is -0.393 e. The molecule has 0 aliphatic heterocycles. The van der Waals surface area contributed by atoms with Crippen molar-refractivity contribution in [2.75, 3.05) is 31.7 Å². The maximum absolute atomic E-state index is 6.03. The Labute approximate surface area is 134 Å². The molecule has 1 aromatic carbocycles. The van der Waals surface area contributed by atoms with Crippen molar-refractivity contribution in [2.45, 2.75) is 6.42 Å². The summed E-state index contributed by atoms with van der Waals surface area (Å²) in [6, 6.07) is 7.71. The SMILES string of the molecule is COCCN(CCC(N)=S)c1ccnc2cc(Cl)ccc12. The van der Waals surface area contributed by atoms with E-state index in [0.717, 1.165) is 29.7 Å². The zero-order valence-corrected chi connectivity index (χ0v) is 13.5. The van der Waals surface area contributed by atoms with Crippen LogP contribution in [0, 0.1) is 0 Å². The predicted molar refractivity (Wildman–Crippen MR) is 92.2 cm³/mol. The van der Waals surface area contributed by atoms with Crippen LogP contribution in [0.5, 0.6) is 0 Å². The number of thiocarbonyl (C=S) groups is 1. The van der Waals surface area contributed by atoms with E-state index in [2.05, 4.69) is 9.88 Å². The largest absolute Gasteiger partial charge is 0.393 e. The highest BCUT2D eigenvalue weighted by Gasteiger charge is 2.11. The summed E-state index contributed by atoms with van der Waals surface area (Å²) in [7, 11) is 1.69. The van der Waals surface area contributed by atoms with E-state index in [1.54, 1.807) is 13.3 Å². The summed E-state index contributed by atoms with van der Waals surface area (Å²) in [6.07, 6.45) is 2.45. The van der Waals surface area contributed by atoms with E-state index in [0.29, 0.717) is 23.0 Å². The molecule has 0 saturated carbocycles. The second-order valence-corrected chi connectivity index (χ2v) is 5.65. The molecule has 0 atom stereocenters. The molecule has 0 unspecified atom stereocenters. The fraction of sp³-hybridized carbons (Fsp3) is 0.333. The zero-order valence-electron chi connectivity index (χ0n) is 11.9. The van der Waals surface area contributed by atoms with E-state index >= 15 is 0 Å². The standard InChI is InChI=1S/C15H18ClN3OS/c1-20-9-8-19(7-5-15(17)21)14-4-6-18-13-10-11(16)2-3-12(13)14/h2-4,6,10H,5,7-9H2,1H3,(H2,17,21). The fourth-order valence-corrected chi connectivity index (χ4v) is 2.44. The lowest BCUT2D eigenvalue weighted by molar-refractivity contribution is 0.205. The molecule has 6 heteroatoms. The Kier molecular flexibility index (Phi) is 5.73. The average molecular weight is 324 g/mol. The Bertz CT molecular complexity index is 635. The molecule has 21 heavy (non-hydrogen) atoms. The van der Waals surface area contributed by atoms with Crippen molar-refractivity contribution in [3.8, 4) is 0 Å². The first-order chi connectivity index (χ1) is 10.1. The van der Waals surface area contributed by atoms with Crippen molar-refractivity contribution in [1.82, 2.24) is 4.98 Å². The van der Waals surface area contributed by atoms with Gasteiger partial charge in [0.1, 0.15) is 0 Å². The Morgan fingerprint density at radius 2 is 2.19 bits per heavy atom. The van der Waals surface area contributed by atoms with Crippen molar-refractivity contribution >= 4 is 45.4 Å². The van der Waals surface area contributed by atoms with Crippen molar-refractivity contribution in [3.05, 3.63) is 35.5 Å². The number of aromatic nitrogens is 1. The van der Waals surface area contributed by atoms with Gasteiger partial charge in [0.2, 0.25) is 0 Å². The number of hydrogen-bond acceptors (Lipinski definition) is 4. The van der Waals surface area contributed by atoms with Crippen LogP contribution < -0.4 is 10.6 Å². The minimum absolute atomic E-state index is 0.513. The molecule has 4 nitrogen and oxygen atoms in total. The van der Waals surface area contributed by atoms with E-state index in [1.807, 2.05) is 24.3 Å². The van der Waals surface area contributed by atoms with Gasteiger partial charge in [-0.1, -0.05) is 23.8 Å². The third kappa shape index (κ3) is 4.27. The van der Waals surface area contributed by atoms with Gasteiger partial charge in [-0.2, -0.15) is 0 Å².